The molecule has 2 N–H and O–H groups in total. The van der Waals surface area contributed by atoms with Crippen LogP contribution in [-0.2, 0) is 10.0 Å². The van der Waals surface area contributed by atoms with Crippen LogP contribution in [0.25, 0.3) is 0 Å². The van der Waals surface area contributed by atoms with Crippen molar-refractivity contribution < 1.29 is 17.5 Å². The molecule has 0 spiro atoms. The zero-order valence-electron chi connectivity index (χ0n) is 15.2. The topological polar surface area (TPSA) is 67.4 Å². The molecule has 2 rings (SSSR count). The predicted octanol–water partition coefficient (Wildman–Crippen LogP) is 3.68. The minimum atomic E-state index is -3.28. The first-order chi connectivity index (χ1) is 11.7. The molecule has 5 nitrogen and oxygen atoms in total. The molecular formula is C18H29FN2O3S. The fourth-order valence-electron chi connectivity index (χ4n) is 2.87. The van der Waals surface area contributed by atoms with E-state index in [2.05, 4.69) is 10.0 Å². The van der Waals surface area contributed by atoms with Gasteiger partial charge in [-0.05, 0) is 76.6 Å². The maximum atomic E-state index is 12.2. The largest absolute Gasteiger partial charge is 0.463 e. The lowest BCUT2D eigenvalue weighted by molar-refractivity contribution is 0.192. The van der Waals surface area contributed by atoms with Gasteiger partial charge in [0.2, 0.25) is 16.9 Å². The van der Waals surface area contributed by atoms with Crippen LogP contribution < -0.4 is 14.8 Å². The molecule has 7 heteroatoms. The van der Waals surface area contributed by atoms with Crippen molar-refractivity contribution in [1.29, 1.82) is 0 Å². The fraction of sp³-hybridized carbons (Fsp3) is 0.667. The second kappa shape index (κ2) is 8.36. The van der Waals surface area contributed by atoms with Gasteiger partial charge in [0.15, 0.2) is 0 Å². The second-order valence-corrected chi connectivity index (χ2v) is 10.1. The first-order valence-corrected chi connectivity index (χ1v) is 10.2. The molecule has 1 aromatic carbocycles. The third-order valence-corrected chi connectivity index (χ3v) is 6.90. The van der Waals surface area contributed by atoms with Crippen molar-refractivity contribution in [3.05, 3.63) is 24.3 Å². The summed E-state index contributed by atoms with van der Waals surface area (Å²) in [7, 11) is -3.28. The van der Waals surface area contributed by atoms with Gasteiger partial charge in [-0.3, -0.25) is 0 Å². The van der Waals surface area contributed by atoms with E-state index in [-0.39, 0.29) is 6.04 Å². The highest BCUT2D eigenvalue weighted by molar-refractivity contribution is 7.90. The maximum Gasteiger partial charge on any atom is 0.228 e. The normalized spacial score (nSPS) is 21.8. The van der Waals surface area contributed by atoms with Crippen molar-refractivity contribution >= 4 is 15.7 Å². The summed E-state index contributed by atoms with van der Waals surface area (Å²) in [5.74, 6) is 1.04. The average molecular weight is 373 g/mol. The number of halogens is 1. The van der Waals surface area contributed by atoms with Gasteiger partial charge in [-0.25, -0.2) is 17.5 Å². The van der Waals surface area contributed by atoms with Gasteiger partial charge in [-0.2, -0.15) is 0 Å². The van der Waals surface area contributed by atoms with Gasteiger partial charge < -0.3 is 10.1 Å². The molecule has 0 bridgehead atoms. The van der Waals surface area contributed by atoms with Crippen LogP contribution in [0, 0.1) is 5.92 Å². The summed E-state index contributed by atoms with van der Waals surface area (Å²) in [6, 6.07) is 7.25. The van der Waals surface area contributed by atoms with E-state index in [1.54, 1.807) is 32.9 Å². The van der Waals surface area contributed by atoms with Gasteiger partial charge in [0.1, 0.15) is 5.75 Å². The van der Waals surface area contributed by atoms with E-state index in [4.69, 9.17) is 4.74 Å². The number of rotatable bonds is 7. The SMILES string of the molecule is CC(C)(C)S(=O)(=O)N[C@H]1CC[C@H](CNc2ccc(OCF)cc2)CC1. The molecule has 1 aromatic rings. The van der Waals surface area contributed by atoms with Crippen molar-refractivity contribution in [2.75, 3.05) is 18.7 Å². The summed E-state index contributed by atoms with van der Waals surface area (Å²) >= 11 is 0. The summed E-state index contributed by atoms with van der Waals surface area (Å²) in [6.07, 6.45) is 3.72. The number of anilines is 1. The number of hydrogen-bond donors (Lipinski definition) is 2. The molecule has 0 atom stereocenters. The van der Waals surface area contributed by atoms with Gasteiger partial charge in [-0.15, -0.1) is 0 Å². The first-order valence-electron chi connectivity index (χ1n) is 8.76. The summed E-state index contributed by atoms with van der Waals surface area (Å²) in [4.78, 5) is 0. The monoisotopic (exact) mass is 372 g/mol. The van der Waals surface area contributed by atoms with Crippen molar-refractivity contribution in [3.63, 3.8) is 0 Å². The molecule has 1 aliphatic carbocycles. The smallest absolute Gasteiger partial charge is 0.228 e. The zero-order valence-corrected chi connectivity index (χ0v) is 16.0. The standard InChI is InChI=1S/C18H29FN2O3S/c1-18(2,3)25(22,23)21-16-6-4-14(5-7-16)12-20-15-8-10-17(11-9-15)24-13-19/h8-11,14,16,20-21H,4-7,12-13H2,1-3H3/t14-,16-. The summed E-state index contributed by atoms with van der Waals surface area (Å²) < 4.78 is 43.4. The molecule has 1 aliphatic rings. The Bertz CT molecular complexity index is 633. The van der Waals surface area contributed by atoms with E-state index in [1.165, 1.54) is 0 Å². The maximum absolute atomic E-state index is 12.2. The lowest BCUT2D eigenvalue weighted by Crippen LogP contribution is -2.46. The third-order valence-electron chi connectivity index (χ3n) is 4.65. The van der Waals surface area contributed by atoms with Crippen LogP contribution >= 0.6 is 0 Å². The molecule has 0 heterocycles. The van der Waals surface area contributed by atoms with Gasteiger partial charge in [0.05, 0.1) is 4.75 Å². The first kappa shape index (κ1) is 20.0. The minimum absolute atomic E-state index is 0.0395. The van der Waals surface area contributed by atoms with Gasteiger partial charge in [-0.1, -0.05) is 0 Å². The third kappa shape index (κ3) is 5.85. The van der Waals surface area contributed by atoms with Crippen LogP contribution in [0.1, 0.15) is 46.5 Å². The number of nitrogens with one attached hydrogen (secondary N) is 2. The highest BCUT2D eigenvalue weighted by Crippen LogP contribution is 2.27. The Kier molecular flexibility index (Phi) is 6.68. The summed E-state index contributed by atoms with van der Waals surface area (Å²) in [5.41, 5.74) is 0.974. The molecular weight excluding hydrogens is 343 g/mol. The fourth-order valence-corrected chi connectivity index (χ4v) is 3.90. The molecule has 0 amide bonds. The quantitative estimate of drug-likeness (QED) is 0.766. The predicted molar refractivity (Wildman–Crippen MR) is 99.1 cm³/mol. The molecule has 0 radical (unpaired) electrons. The van der Waals surface area contributed by atoms with Gasteiger partial charge in [0, 0.05) is 18.3 Å². The number of sulfonamides is 1. The van der Waals surface area contributed by atoms with E-state index >= 15 is 0 Å². The summed E-state index contributed by atoms with van der Waals surface area (Å²) in [5, 5.41) is 3.38. The average Bonchev–Trinajstić information content (AvgIpc) is 2.54. The van der Waals surface area contributed by atoms with E-state index in [1.807, 2.05) is 12.1 Å². The second-order valence-electron chi connectivity index (χ2n) is 7.61. The van der Waals surface area contributed by atoms with Crippen molar-refractivity contribution in [2.24, 2.45) is 5.92 Å². The number of ether oxygens (including phenoxy) is 1. The molecule has 142 valence electrons. The van der Waals surface area contributed by atoms with Crippen molar-refractivity contribution in [3.8, 4) is 5.75 Å². The van der Waals surface area contributed by atoms with Crippen LogP contribution in [0.5, 0.6) is 5.75 Å². The van der Waals surface area contributed by atoms with Gasteiger partial charge in [0.25, 0.3) is 0 Å². The van der Waals surface area contributed by atoms with Crippen molar-refractivity contribution in [1.82, 2.24) is 4.72 Å². The van der Waals surface area contributed by atoms with Crippen molar-refractivity contribution in [2.45, 2.75) is 57.2 Å². The van der Waals surface area contributed by atoms with Crippen LogP contribution in [0.2, 0.25) is 0 Å². The zero-order chi connectivity index (χ0) is 18.5. The lowest BCUT2D eigenvalue weighted by atomic mass is 9.86. The van der Waals surface area contributed by atoms with Crippen LogP contribution in [0.4, 0.5) is 10.1 Å². The van der Waals surface area contributed by atoms with E-state index in [0.717, 1.165) is 37.9 Å². The van der Waals surface area contributed by atoms with E-state index in [9.17, 15) is 12.8 Å². The summed E-state index contributed by atoms with van der Waals surface area (Å²) in [6.45, 7) is 5.18. The van der Waals surface area contributed by atoms with Crippen LogP contribution in [0.15, 0.2) is 24.3 Å². The Morgan fingerprint density at radius 2 is 1.72 bits per heavy atom. The highest BCUT2D eigenvalue weighted by atomic mass is 32.2. The highest BCUT2D eigenvalue weighted by Gasteiger charge is 2.32. The Morgan fingerprint density at radius 3 is 2.24 bits per heavy atom. The molecule has 1 saturated carbocycles. The number of benzene rings is 1. The minimum Gasteiger partial charge on any atom is -0.463 e. The molecule has 0 unspecified atom stereocenters. The van der Waals surface area contributed by atoms with Crippen LogP contribution in [-0.4, -0.2) is 32.6 Å². The van der Waals surface area contributed by atoms with Gasteiger partial charge >= 0.3 is 0 Å². The number of alkyl halides is 1. The Morgan fingerprint density at radius 1 is 1.12 bits per heavy atom. The Hall–Kier alpha value is -1.34. The Balaban J connectivity index is 1.75. The number of hydrogen-bond acceptors (Lipinski definition) is 4. The molecule has 1 fully saturated rings. The van der Waals surface area contributed by atoms with E-state index in [0.29, 0.717) is 11.7 Å². The molecule has 0 saturated heterocycles. The van der Waals surface area contributed by atoms with E-state index < -0.39 is 21.6 Å². The van der Waals surface area contributed by atoms with Crippen LogP contribution in [0.3, 0.4) is 0 Å². The molecule has 0 aliphatic heterocycles. The molecule has 0 aromatic heterocycles. The molecule has 25 heavy (non-hydrogen) atoms. The Labute approximate surface area is 150 Å². The lowest BCUT2D eigenvalue weighted by Gasteiger charge is -2.31.